The third kappa shape index (κ3) is 2.20. The van der Waals surface area contributed by atoms with Crippen molar-refractivity contribution in [3.8, 4) is 0 Å². The molecule has 2 atom stereocenters. The van der Waals surface area contributed by atoms with Crippen LogP contribution in [-0.4, -0.2) is 28.7 Å². The van der Waals surface area contributed by atoms with Gasteiger partial charge in [0.1, 0.15) is 6.04 Å². The predicted octanol–water partition coefficient (Wildman–Crippen LogP) is 0.776. The lowest BCUT2D eigenvalue weighted by Gasteiger charge is -2.29. The van der Waals surface area contributed by atoms with Crippen LogP contribution >= 0.6 is 0 Å². The second-order valence-corrected chi connectivity index (χ2v) is 6.01. The van der Waals surface area contributed by atoms with E-state index in [0.29, 0.717) is 18.5 Å². The number of carbonyl (C=O) groups excluding carboxylic acids is 3. The summed E-state index contributed by atoms with van der Waals surface area (Å²) in [7, 11) is 0. The first kappa shape index (κ1) is 14.7. The zero-order valence-corrected chi connectivity index (χ0v) is 12.7. The Morgan fingerprint density at radius 1 is 1.32 bits per heavy atom. The number of imide groups is 1. The Hall–Kier alpha value is -2.21. The normalized spacial score (nSPS) is 22.6. The van der Waals surface area contributed by atoms with Gasteiger partial charge >= 0.3 is 0 Å². The number of carbonyl (C=O) groups is 3. The van der Waals surface area contributed by atoms with E-state index in [-0.39, 0.29) is 24.3 Å². The second-order valence-electron chi connectivity index (χ2n) is 6.01. The Bertz CT molecular complexity index is 681. The molecule has 0 saturated carbocycles. The van der Waals surface area contributed by atoms with Gasteiger partial charge in [0.15, 0.2) is 0 Å². The molecule has 0 bridgehead atoms. The Morgan fingerprint density at radius 2 is 2.05 bits per heavy atom. The minimum absolute atomic E-state index is 0.149. The molecule has 6 heteroatoms. The topological polar surface area (TPSA) is 92.5 Å². The molecule has 22 heavy (non-hydrogen) atoms. The summed E-state index contributed by atoms with van der Waals surface area (Å²) in [5, 5.41) is 2.31. The summed E-state index contributed by atoms with van der Waals surface area (Å²) in [4.78, 5) is 37.6. The van der Waals surface area contributed by atoms with E-state index < -0.39 is 11.9 Å². The van der Waals surface area contributed by atoms with Gasteiger partial charge in [0.25, 0.3) is 5.91 Å². The first-order chi connectivity index (χ1) is 10.4. The van der Waals surface area contributed by atoms with E-state index in [4.69, 9.17) is 5.73 Å². The van der Waals surface area contributed by atoms with Crippen LogP contribution < -0.4 is 11.1 Å². The molecule has 2 heterocycles. The number of nitrogens with two attached hydrogens (primary N) is 1. The van der Waals surface area contributed by atoms with Crippen LogP contribution in [0.1, 0.15) is 52.9 Å². The van der Waals surface area contributed by atoms with E-state index in [1.807, 2.05) is 26.0 Å². The fraction of sp³-hybridized carbons (Fsp3) is 0.438. The van der Waals surface area contributed by atoms with Crippen molar-refractivity contribution in [2.75, 3.05) is 0 Å². The average molecular weight is 301 g/mol. The molecule has 2 aliphatic heterocycles. The zero-order valence-electron chi connectivity index (χ0n) is 12.7. The van der Waals surface area contributed by atoms with Crippen LogP contribution in [0.2, 0.25) is 0 Å². The third-order valence-electron chi connectivity index (χ3n) is 4.44. The van der Waals surface area contributed by atoms with Gasteiger partial charge in [-0.15, -0.1) is 0 Å². The smallest absolute Gasteiger partial charge is 0.255 e. The summed E-state index contributed by atoms with van der Waals surface area (Å²) < 4.78 is 0. The van der Waals surface area contributed by atoms with Crippen LogP contribution in [0.5, 0.6) is 0 Å². The number of fused-ring (bicyclic) bond motifs is 1. The van der Waals surface area contributed by atoms with Crippen molar-refractivity contribution in [3.63, 3.8) is 0 Å². The maximum absolute atomic E-state index is 12.7. The Kier molecular flexibility index (Phi) is 3.48. The molecule has 116 valence electrons. The molecule has 1 aromatic rings. The van der Waals surface area contributed by atoms with Crippen LogP contribution in [0.15, 0.2) is 12.1 Å². The van der Waals surface area contributed by atoms with Gasteiger partial charge in [-0.3, -0.25) is 19.7 Å². The Morgan fingerprint density at radius 3 is 2.68 bits per heavy atom. The number of benzene rings is 1. The van der Waals surface area contributed by atoms with E-state index in [1.54, 1.807) is 4.90 Å². The highest BCUT2D eigenvalue weighted by Gasteiger charge is 2.40. The highest BCUT2D eigenvalue weighted by molar-refractivity contribution is 6.06. The number of nitrogens with one attached hydrogen (secondary N) is 1. The maximum atomic E-state index is 12.7. The Labute approximate surface area is 128 Å². The standard InChI is InChI=1S/C16H19N3O3/c1-8-3-4-10(9(2)17)11-7-19(16(22)14(8)11)12-5-6-13(20)18-15(12)21/h3-4,9,12H,5-7,17H2,1-2H3,(H,18,20,21). The van der Waals surface area contributed by atoms with Crippen LogP contribution in [-0.2, 0) is 16.1 Å². The van der Waals surface area contributed by atoms with E-state index in [2.05, 4.69) is 5.32 Å². The number of hydrogen-bond donors (Lipinski definition) is 2. The van der Waals surface area contributed by atoms with Gasteiger partial charge in [-0.2, -0.15) is 0 Å². The first-order valence-electron chi connectivity index (χ1n) is 7.42. The lowest BCUT2D eigenvalue weighted by atomic mass is 9.95. The SMILES string of the molecule is Cc1ccc(C(C)N)c2c1C(=O)N(C1CCC(=O)NC1=O)C2. The quantitative estimate of drug-likeness (QED) is 0.789. The van der Waals surface area contributed by atoms with E-state index in [0.717, 1.165) is 16.7 Å². The second kappa shape index (κ2) is 5.21. The number of rotatable bonds is 2. The van der Waals surface area contributed by atoms with Crippen molar-refractivity contribution in [1.82, 2.24) is 10.2 Å². The fourth-order valence-corrected chi connectivity index (χ4v) is 3.29. The number of nitrogens with zero attached hydrogens (tertiary/aromatic N) is 1. The van der Waals surface area contributed by atoms with Crippen LogP contribution in [0.4, 0.5) is 0 Å². The van der Waals surface area contributed by atoms with Crippen molar-refractivity contribution in [2.24, 2.45) is 5.73 Å². The summed E-state index contributed by atoms with van der Waals surface area (Å²) in [5.41, 5.74) is 9.38. The van der Waals surface area contributed by atoms with Crippen molar-refractivity contribution < 1.29 is 14.4 Å². The largest absolute Gasteiger partial charge is 0.324 e. The summed E-state index contributed by atoms with van der Waals surface area (Å²) in [6.45, 7) is 4.14. The highest BCUT2D eigenvalue weighted by Crippen LogP contribution is 2.33. The van der Waals surface area contributed by atoms with Gasteiger partial charge in [0, 0.05) is 24.6 Å². The number of aryl methyl sites for hydroxylation is 1. The maximum Gasteiger partial charge on any atom is 0.255 e. The monoisotopic (exact) mass is 301 g/mol. The first-order valence-corrected chi connectivity index (χ1v) is 7.42. The molecule has 1 aromatic carbocycles. The number of hydrogen-bond acceptors (Lipinski definition) is 4. The molecular weight excluding hydrogens is 282 g/mol. The molecule has 2 unspecified atom stereocenters. The summed E-state index contributed by atoms with van der Waals surface area (Å²) in [5.74, 6) is -0.820. The molecule has 1 saturated heterocycles. The van der Waals surface area contributed by atoms with Gasteiger partial charge in [-0.1, -0.05) is 12.1 Å². The van der Waals surface area contributed by atoms with E-state index in [1.165, 1.54) is 0 Å². The average Bonchev–Trinajstić information content (AvgIpc) is 2.77. The van der Waals surface area contributed by atoms with Gasteiger partial charge in [-0.05, 0) is 37.0 Å². The third-order valence-corrected chi connectivity index (χ3v) is 4.44. The summed E-state index contributed by atoms with van der Waals surface area (Å²) in [6.07, 6.45) is 0.632. The van der Waals surface area contributed by atoms with Crippen LogP contribution in [0.3, 0.4) is 0 Å². The molecule has 6 nitrogen and oxygen atoms in total. The van der Waals surface area contributed by atoms with Crippen molar-refractivity contribution in [1.29, 1.82) is 0 Å². The summed E-state index contributed by atoms with van der Waals surface area (Å²) >= 11 is 0. The van der Waals surface area contributed by atoms with Gasteiger partial charge < -0.3 is 10.6 Å². The lowest BCUT2D eigenvalue weighted by molar-refractivity contribution is -0.136. The molecule has 0 spiro atoms. The van der Waals surface area contributed by atoms with Gasteiger partial charge in [-0.25, -0.2) is 0 Å². The molecular formula is C16H19N3O3. The minimum Gasteiger partial charge on any atom is -0.324 e. The van der Waals surface area contributed by atoms with Gasteiger partial charge in [0.05, 0.1) is 0 Å². The Balaban J connectivity index is 1.97. The molecule has 0 aliphatic carbocycles. The molecule has 3 N–H and O–H groups in total. The molecule has 0 radical (unpaired) electrons. The van der Waals surface area contributed by atoms with Crippen molar-refractivity contribution in [2.45, 2.75) is 45.3 Å². The predicted molar refractivity (Wildman–Crippen MR) is 79.8 cm³/mol. The number of piperidine rings is 1. The van der Waals surface area contributed by atoms with Gasteiger partial charge in [0.2, 0.25) is 11.8 Å². The highest BCUT2D eigenvalue weighted by atomic mass is 16.2. The lowest BCUT2D eigenvalue weighted by Crippen LogP contribution is -2.52. The van der Waals surface area contributed by atoms with Crippen LogP contribution in [0, 0.1) is 6.92 Å². The van der Waals surface area contributed by atoms with Crippen LogP contribution in [0.25, 0.3) is 0 Å². The fourth-order valence-electron chi connectivity index (χ4n) is 3.29. The molecule has 3 rings (SSSR count). The number of amides is 3. The minimum atomic E-state index is -0.585. The van der Waals surface area contributed by atoms with E-state index >= 15 is 0 Å². The summed E-state index contributed by atoms with van der Waals surface area (Å²) in [6, 6.07) is 3.07. The van der Waals surface area contributed by atoms with Crippen molar-refractivity contribution in [3.05, 3.63) is 34.4 Å². The molecule has 2 aliphatic rings. The molecule has 3 amide bonds. The van der Waals surface area contributed by atoms with E-state index in [9.17, 15) is 14.4 Å². The zero-order chi connectivity index (χ0) is 16.0. The van der Waals surface area contributed by atoms with Crippen molar-refractivity contribution >= 4 is 17.7 Å². The molecule has 0 aromatic heterocycles. The molecule has 1 fully saturated rings.